The van der Waals surface area contributed by atoms with Crippen LogP contribution < -0.4 is 5.32 Å². The molecule has 0 aliphatic carbocycles. The van der Waals surface area contributed by atoms with Crippen LogP contribution in [0.1, 0.15) is 17.6 Å². The molecule has 7 heteroatoms. The van der Waals surface area contributed by atoms with Gasteiger partial charge in [0.1, 0.15) is 0 Å². The fourth-order valence-electron chi connectivity index (χ4n) is 2.24. The standard InChI is InChI=1S/C13H19N3O3S/c1-9-15-10(7-20-9)6-11(17)16-4-5-19-13(2,8-16)12(18)14-3/h7H,4-6,8H2,1-3H3,(H,14,18). The Labute approximate surface area is 122 Å². The first-order chi connectivity index (χ1) is 9.44. The Kier molecular flexibility index (Phi) is 4.39. The molecule has 0 radical (unpaired) electrons. The van der Waals surface area contributed by atoms with Crippen molar-refractivity contribution >= 4 is 23.2 Å². The lowest BCUT2D eigenvalue weighted by molar-refractivity contribution is -0.162. The van der Waals surface area contributed by atoms with Gasteiger partial charge in [-0.3, -0.25) is 9.59 Å². The van der Waals surface area contributed by atoms with E-state index in [1.54, 1.807) is 18.9 Å². The van der Waals surface area contributed by atoms with Crippen LogP contribution in [0, 0.1) is 6.92 Å². The maximum atomic E-state index is 12.3. The number of nitrogens with one attached hydrogen (secondary N) is 1. The highest BCUT2D eigenvalue weighted by Crippen LogP contribution is 2.19. The van der Waals surface area contributed by atoms with E-state index in [9.17, 15) is 9.59 Å². The van der Waals surface area contributed by atoms with Crippen LogP contribution in [0.4, 0.5) is 0 Å². The molecule has 110 valence electrons. The van der Waals surface area contributed by atoms with Gasteiger partial charge in [0.05, 0.1) is 30.3 Å². The van der Waals surface area contributed by atoms with Gasteiger partial charge < -0.3 is 15.0 Å². The molecule has 1 atom stereocenters. The second kappa shape index (κ2) is 5.88. The summed E-state index contributed by atoms with van der Waals surface area (Å²) >= 11 is 1.53. The molecule has 0 aromatic carbocycles. The first-order valence-corrected chi connectivity index (χ1v) is 7.37. The number of carbonyl (C=O) groups excluding carboxylic acids is 2. The molecule has 0 bridgehead atoms. The SMILES string of the molecule is CNC(=O)C1(C)CN(C(=O)Cc2csc(C)n2)CCO1. The molecule has 1 N–H and O–H groups in total. The molecule has 20 heavy (non-hydrogen) atoms. The number of aryl methyl sites for hydroxylation is 1. The van der Waals surface area contributed by atoms with Crippen molar-refractivity contribution in [2.45, 2.75) is 25.9 Å². The molecule has 1 unspecified atom stereocenters. The number of hydrogen-bond donors (Lipinski definition) is 1. The van der Waals surface area contributed by atoms with Gasteiger partial charge in [-0.05, 0) is 13.8 Å². The van der Waals surface area contributed by atoms with Crippen molar-refractivity contribution in [3.8, 4) is 0 Å². The smallest absolute Gasteiger partial charge is 0.253 e. The Morgan fingerprint density at radius 3 is 2.95 bits per heavy atom. The lowest BCUT2D eigenvalue weighted by atomic mass is 10.0. The fraction of sp³-hybridized carbons (Fsp3) is 0.615. The molecule has 6 nitrogen and oxygen atoms in total. The Hall–Kier alpha value is -1.47. The first-order valence-electron chi connectivity index (χ1n) is 6.49. The van der Waals surface area contributed by atoms with Gasteiger partial charge in [-0.15, -0.1) is 11.3 Å². The van der Waals surface area contributed by atoms with Crippen molar-refractivity contribution in [1.29, 1.82) is 0 Å². The summed E-state index contributed by atoms with van der Waals surface area (Å²) < 4.78 is 5.53. The van der Waals surface area contributed by atoms with Crippen molar-refractivity contribution < 1.29 is 14.3 Å². The summed E-state index contributed by atoms with van der Waals surface area (Å²) in [5.41, 5.74) is -0.189. The zero-order chi connectivity index (χ0) is 14.8. The van der Waals surface area contributed by atoms with Crippen LogP contribution in [-0.2, 0) is 20.7 Å². The highest BCUT2D eigenvalue weighted by molar-refractivity contribution is 7.09. The van der Waals surface area contributed by atoms with Crippen LogP contribution in [0.2, 0.25) is 0 Å². The molecule has 1 saturated heterocycles. The maximum absolute atomic E-state index is 12.3. The van der Waals surface area contributed by atoms with Gasteiger partial charge in [0, 0.05) is 19.0 Å². The zero-order valence-electron chi connectivity index (χ0n) is 11.9. The quantitative estimate of drug-likeness (QED) is 0.874. The number of hydrogen-bond acceptors (Lipinski definition) is 5. The number of rotatable bonds is 3. The number of likely N-dealkylation sites (N-methyl/N-ethyl adjacent to an activating group) is 1. The topological polar surface area (TPSA) is 71.5 Å². The van der Waals surface area contributed by atoms with E-state index in [0.29, 0.717) is 13.2 Å². The number of ether oxygens (including phenoxy) is 1. The number of nitrogens with zero attached hydrogens (tertiary/aromatic N) is 2. The molecule has 2 amide bonds. The van der Waals surface area contributed by atoms with E-state index < -0.39 is 5.60 Å². The summed E-state index contributed by atoms with van der Waals surface area (Å²) in [4.78, 5) is 30.1. The third-order valence-electron chi connectivity index (χ3n) is 3.33. The molecule has 2 rings (SSSR count). The van der Waals surface area contributed by atoms with E-state index in [2.05, 4.69) is 10.3 Å². The molecule has 1 aromatic rings. The lowest BCUT2D eigenvalue weighted by Gasteiger charge is -2.39. The largest absolute Gasteiger partial charge is 0.362 e. The Morgan fingerprint density at radius 2 is 2.35 bits per heavy atom. The summed E-state index contributed by atoms with van der Waals surface area (Å²) in [6.45, 7) is 4.77. The third kappa shape index (κ3) is 3.16. The number of thiazole rings is 1. The monoisotopic (exact) mass is 297 g/mol. The second-order valence-corrected chi connectivity index (χ2v) is 6.07. The van der Waals surface area contributed by atoms with Gasteiger partial charge in [0.2, 0.25) is 5.91 Å². The van der Waals surface area contributed by atoms with Gasteiger partial charge in [0.25, 0.3) is 5.91 Å². The van der Waals surface area contributed by atoms with Gasteiger partial charge in [-0.2, -0.15) is 0 Å². The molecule has 1 aliphatic rings. The van der Waals surface area contributed by atoms with Crippen molar-refractivity contribution in [2.75, 3.05) is 26.7 Å². The minimum Gasteiger partial charge on any atom is -0.362 e. The minimum absolute atomic E-state index is 0.0197. The Bertz CT molecular complexity index is 517. The summed E-state index contributed by atoms with van der Waals surface area (Å²) in [5.74, 6) is -0.228. The van der Waals surface area contributed by atoms with Crippen LogP contribution in [-0.4, -0.2) is 54.0 Å². The summed E-state index contributed by atoms with van der Waals surface area (Å²) in [7, 11) is 1.57. The second-order valence-electron chi connectivity index (χ2n) is 5.01. The maximum Gasteiger partial charge on any atom is 0.253 e. The molecule has 1 aliphatic heterocycles. The molecule has 0 spiro atoms. The van der Waals surface area contributed by atoms with Gasteiger partial charge in [-0.25, -0.2) is 4.98 Å². The van der Waals surface area contributed by atoms with Crippen LogP contribution in [0.5, 0.6) is 0 Å². The van der Waals surface area contributed by atoms with E-state index in [1.165, 1.54) is 11.3 Å². The van der Waals surface area contributed by atoms with Crippen LogP contribution in [0.3, 0.4) is 0 Å². The van der Waals surface area contributed by atoms with E-state index in [4.69, 9.17) is 4.74 Å². The van der Waals surface area contributed by atoms with Crippen LogP contribution in [0.25, 0.3) is 0 Å². The number of amides is 2. The average molecular weight is 297 g/mol. The lowest BCUT2D eigenvalue weighted by Crippen LogP contribution is -2.59. The van der Waals surface area contributed by atoms with E-state index in [-0.39, 0.29) is 24.8 Å². The Balaban J connectivity index is 2.01. The highest BCUT2D eigenvalue weighted by Gasteiger charge is 2.40. The fourth-order valence-corrected chi connectivity index (χ4v) is 2.85. The molecular weight excluding hydrogens is 278 g/mol. The van der Waals surface area contributed by atoms with Crippen molar-refractivity contribution in [3.05, 3.63) is 16.1 Å². The van der Waals surface area contributed by atoms with Crippen molar-refractivity contribution in [2.24, 2.45) is 0 Å². The van der Waals surface area contributed by atoms with E-state index in [0.717, 1.165) is 10.7 Å². The van der Waals surface area contributed by atoms with Gasteiger partial charge >= 0.3 is 0 Å². The number of morpholine rings is 1. The van der Waals surface area contributed by atoms with Crippen molar-refractivity contribution in [3.63, 3.8) is 0 Å². The molecular formula is C13H19N3O3S. The molecule has 0 saturated carbocycles. The first kappa shape index (κ1) is 14.9. The summed E-state index contributed by atoms with van der Waals surface area (Å²) in [5, 5.41) is 5.42. The van der Waals surface area contributed by atoms with Crippen molar-refractivity contribution in [1.82, 2.24) is 15.2 Å². The van der Waals surface area contributed by atoms with E-state index >= 15 is 0 Å². The van der Waals surface area contributed by atoms with Gasteiger partial charge in [0.15, 0.2) is 5.60 Å². The van der Waals surface area contributed by atoms with Gasteiger partial charge in [-0.1, -0.05) is 0 Å². The highest BCUT2D eigenvalue weighted by atomic mass is 32.1. The number of carbonyl (C=O) groups is 2. The van der Waals surface area contributed by atoms with E-state index in [1.807, 2.05) is 12.3 Å². The Morgan fingerprint density at radius 1 is 1.60 bits per heavy atom. The third-order valence-corrected chi connectivity index (χ3v) is 4.16. The van der Waals surface area contributed by atoms with Crippen LogP contribution >= 0.6 is 11.3 Å². The predicted molar refractivity (Wildman–Crippen MR) is 75.6 cm³/mol. The summed E-state index contributed by atoms with van der Waals surface area (Å²) in [6.07, 6.45) is 0.272. The average Bonchev–Trinajstić information content (AvgIpc) is 2.83. The van der Waals surface area contributed by atoms with Crippen LogP contribution in [0.15, 0.2) is 5.38 Å². The number of aromatic nitrogens is 1. The predicted octanol–water partition coefficient (Wildman–Crippen LogP) is 0.358. The normalized spacial score (nSPS) is 22.6. The molecule has 1 fully saturated rings. The minimum atomic E-state index is -0.972. The molecule has 2 heterocycles. The summed E-state index contributed by atoms with van der Waals surface area (Å²) in [6, 6.07) is 0. The molecule has 1 aromatic heterocycles. The zero-order valence-corrected chi connectivity index (χ0v) is 12.7.